The van der Waals surface area contributed by atoms with Crippen LogP contribution in [0.15, 0.2) is 0 Å². The maximum atomic E-state index is 11.9. The average molecular weight is 287 g/mol. The van der Waals surface area contributed by atoms with Gasteiger partial charge in [-0.2, -0.15) is 0 Å². The van der Waals surface area contributed by atoms with Crippen molar-refractivity contribution in [1.29, 1.82) is 0 Å². The molecular weight excluding hydrogens is 262 g/mol. The second-order valence-corrected chi connectivity index (χ2v) is 6.68. The van der Waals surface area contributed by atoms with Crippen molar-refractivity contribution in [1.82, 2.24) is 5.32 Å². The third-order valence-corrected chi connectivity index (χ3v) is 5.48. The molecule has 1 saturated carbocycles. The summed E-state index contributed by atoms with van der Waals surface area (Å²) in [5, 5.41) is 11.5. The van der Waals surface area contributed by atoms with Gasteiger partial charge in [0.25, 0.3) is 0 Å². The zero-order valence-corrected chi connectivity index (χ0v) is 12.8. The van der Waals surface area contributed by atoms with E-state index in [0.29, 0.717) is 18.3 Å². The summed E-state index contributed by atoms with van der Waals surface area (Å²) in [6, 6.07) is 0.252. The normalized spacial score (nSPS) is 28.7. The maximum absolute atomic E-state index is 11.9. The molecule has 110 valence electrons. The second kappa shape index (κ2) is 7.78. The fourth-order valence-electron chi connectivity index (χ4n) is 2.57. The third-order valence-electron chi connectivity index (χ3n) is 4.12. The van der Waals surface area contributed by atoms with E-state index < -0.39 is 11.2 Å². The largest absolute Gasteiger partial charge is 0.480 e. The highest BCUT2D eigenvalue weighted by molar-refractivity contribution is 8.01. The highest BCUT2D eigenvalue weighted by Crippen LogP contribution is 2.29. The van der Waals surface area contributed by atoms with Gasteiger partial charge in [-0.25, -0.2) is 0 Å². The predicted molar refractivity (Wildman–Crippen MR) is 78.3 cm³/mol. The number of hydrogen-bond donors (Lipinski definition) is 2. The van der Waals surface area contributed by atoms with Gasteiger partial charge in [0.15, 0.2) is 0 Å². The number of carboxylic acid groups (broad SMARTS) is 1. The SMILES string of the molecule is CCC(SCC(=O)NC1CCCC(C)C1C)C(=O)O. The monoisotopic (exact) mass is 287 g/mol. The quantitative estimate of drug-likeness (QED) is 0.788. The fraction of sp³-hybridized carbons (Fsp3) is 0.857. The van der Waals surface area contributed by atoms with Crippen LogP contribution in [0.3, 0.4) is 0 Å². The number of carboxylic acids is 1. The summed E-state index contributed by atoms with van der Waals surface area (Å²) in [5.41, 5.74) is 0. The zero-order valence-electron chi connectivity index (χ0n) is 12.0. The topological polar surface area (TPSA) is 66.4 Å². The van der Waals surface area contributed by atoms with Gasteiger partial charge < -0.3 is 10.4 Å². The van der Waals surface area contributed by atoms with Gasteiger partial charge in [-0.3, -0.25) is 9.59 Å². The summed E-state index contributed by atoms with van der Waals surface area (Å²) >= 11 is 1.22. The highest BCUT2D eigenvalue weighted by atomic mass is 32.2. The Morgan fingerprint density at radius 2 is 2.05 bits per heavy atom. The van der Waals surface area contributed by atoms with Gasteiger partial charge in [0.05, 0.1) is 5.75 Å². The van der Waals surface area contributed by atoms with Crippen molar-refractivity contribution in [3.63, 3.8) is 0 Å². The molecule has 0 heterocycles. The molecule has 0 radical (unpaired) electrons. The minimum atomic E-state index is -0.833. The van der Waals surface area contributed by atoms with Crippen molar-refractivity contribution in [2.45, 2.75) is 57.7 Å². The van der Waals surface area contributed by atoms with Gasteiger partial charge >= 0.3 is 5.97 Å². The number of carbonyl (C=O) groups excluding carboxylic acids is 1. The molecule has 4 nitrogen and oxygen atoms in total. The van der Waals surface area contributed by atoms with Crippen LogP contribution in [0.1, 0.15) is 46.5 Å². The van der Waals surface area contributed by atoms with Crippen molar-refractivity contribution in [3.8, 4) is 0 Å². The van der Waals surface area contributed by atoms with Crippen LogP contribution in [0.4, 0.5) is 0 Å². The van der Waals surface area contributed by atoms with Crippen LogP contribution in [-0.2, 0) is 9.59 Å². The van der Waals surface area contributed by atoms with Crippen LogP contribution in [-0.4, -0.2) is 34.0 Å². The number of amides is 1. The first kappa shape index (κ1) is 16.3. The van der Waals surface area contributed by atoms with E-state index in [9.17, 15) is 9.59 Å². The molecule has 0 aliphatic heterocycles. The summed E-state index contributed by atoms with van der Waals surface area (Å²) < 4.78 is 0. The maximum Gasteiger partial charge on any atom is 0.316 e. The molecule has 1 fully saturated rings. The lowest BCUT2D eigenvalue weighted by molar-refractivity contribution is -0.136. The number of thioether (sulfide) groups is 1. The Hall–Kier alpha value is -0.710. The molecule has 0 aromatic rings. The number of nitrogens with one attached hydrogen (secondary N) is 1. The van der Waals surface area contributed by atoms with Crippen molar-refractivity contribution in [2.75, 3.05) is 5.75 Å². The predicted octanol–water partition coefficient (Wildman–Crippen LogP) is 2.52. The second-order valence-electron chi connectivity index (χ2n) is 5.49. The Morgan fingerprint density at radius 3 is 2.63 bits per heavy atom. The van der Waals surface area contributed by atoms with E-state index in [-0.39, 0.29) is 17.7 Å². The Morgan fingerprint density at radius 1 is 1.37 bits per heavy atom. The molecule has 1 amide bonds. The molecule has 0 aromatic carbocycles. The molecule has 5 heteroatoms. The number of hydrogen-bond acceptors (Lipinski definition) is 3. The first-order valence-electron chi connectivity index (χ1n) is 7.09. The summed E-state index contributed by atoms with van der Waals surface area (Å²) in [6.45, 7) is 6.25. The van der Waals surface area contributed by atoms with Crippen LogP contribution in [0.5, 0.6) is 0 Å². The first-order valence-corrected chi connectivity index (χ1v) is 8.14. The van der Waals surface area contributed by atoms with Crippen molar-refractivity contribution in [2.24, 2.45) is 11.8 Å². The smallest absolute Gasteiger partial charge is 0.316 e. The lowest BCUT2D eigenvalue weighted by Crippen LogP contribution is -2.44. The van der Waals surface area contributed by atoms with Gasteiger partial charge in [-0.1, -0.05) is 33.6 Å². The molecule has 2 N–H and O–H groups in total. The van der Waals surface area contributed by atoms with Gasteiger partial charge in [0.1, 0.15) is 5.25 Å². The van der Waals surface area contributed by atoms with E-state index >= 15 is 0 Å². The van der Waals surface area contributed by atoms with Gasteiger partial charge in [-0.05, 0) is 24.7 Å². The summed E-state index contributed by atoms with van der Waals surface area (Å²) in [7, 11) is 0. The summed E-state index contributed by atoms with van der Waals surface area (Å²) in [4.78, 5) is 22.8. The number of aliphatic carboxylic acids is 1. The minimum Gasteiger partial charge on any atom is -0.480 e. The highest BCUT2D eigenvalue weighted by Gasteiger charge is 2.28. The van der Waals surface area contributed by atoms with Gasteiger partial charge in [-0.15, -0.1) is 11.8 Å². The fourth-order valence-corrected chi connectivity index (χ4v) is 3.39. The molecule has 19 heavy (non-hydrogen) atoms. The van der Waals surface area contributed by atoms with Gasteiger partial charge in [0, 0.05) is 6.04 Å². The Kier molecular flexibility index (Phi) is 6.69. The number of rotatable bonds is 6. The van der Waals surface area contributed by atoms with Crippen LogP contribution in [0.2, 0.25) is 0 Å². The van der Waals surface area contributed by atoms with Gasteiger partial charge in [0.2, 0.25) is 5.91 Å². The Labute approximate surface area is 119 Å². The molecule has 0 spiro atoms. The standard InChI is InChI=1S/C14H25NO3S/c1-4-12(14(17)18)19-8-13(16)15-11-7-5-6-9(2)10(11)3/h9-12H,4-8H2,1-3H3,(H,15,16)(H,17,18). The van der Waals surface area contributed by atoms with E-state index in [0.717, 1.165) is 12.8 Å². The molecule has 0 bridgehead atoms. The summed E-state index contributed by atoms with van der Waals surface area (Å²) in [5.74, 6) is 0.524. The van der Waals surface area contributed by atoms with E-state index in [1.165, 1.54) is 18.2 Å². The van der Waals surface area contributed by atoms with Crippen LogP contribution in [0, 0.1) is 11.8 Å². The van der Waals surface area contributed by atoms with E-state index in [2.05, 4.69) is 19.2 Å². The van der Waals surface area contributed by atoms with E-state index in [1.54, 1.807) is 0 Å². The Bertz CT molecular complexity index is 322. The van der Waals surface area contributed by atoms with Crippen LogP contribution < -0.4 is 5.32 Å². The Balaban J connectivity index is 2.36. The molecule has 1 rings (SSSR count). The minimum absolute atomic E-state index is 0.0318. The van der Waals surface area contributed by atoms with E-state index in [1.807, 2.05) is 6.92 Å². The van der Waals surface area contributed by atoms with Crippen LogP contribution >= 0.6 is 11.8 Å². The van der Waals surface area contributed by atoms with Crippen LogP contribution in [0.25, 0.3) is 0 Å². The molecule has 0 aromatic heterocycles. The third kappa shape index (κ3) is 5.05. The van der Waals surface area contributed by atoms with E-state index in [4.69, 9.17) is 5.11 Å². The zero-order chi connectivity index (χ0) is 14.4. The number of carbonyl (C=O) groups is 2. The van der Waals surface area contributed by atoms with Crippen molar-refractivity contribution in [3.05, 3.63) is 0 Å². The molecule has 4 atom stereocenters. The molecular formula is C14H25NO3S. The first-order chi connectivity index (χ1) is 8.95. The molecule has 1 aliphatic carbocycles. The average Bonchev–Trinajstić information content (AvgIpc) is 2.35. The lowest BCUT2D eigenvalue weighted by atomic mass is 9.78. The van der Waals surface area contributed by atoms with Crippen molar-refractivity contribution >= 4 is 23.6 Å². The summed E-state index contributed by atoms with van der Waals surface area (Å²) in [6.07, 6.45) is 3.98. The molecule has 0 saturated heterocycles. The van der Waals surface area contributed by atoms with Crippen molar-refractivity contribution < 1.29 is 14.7 Å². The molecule has 1 aliphatic rings. The molecule has 4 unspecified atom stereocenters. The lowest BCUT2D eigenvalue weighted by Gasteiger charge is -2.34.